The minimum Gasteiger partial charge on any atom is -0.484 e. The van der Waals surface area contributed by atoms with Crippen LogP contribution in [0.5, 0.6) is 11.5 Å². The number of aliphatic hydroxyl groups is 1. The van der Waals surface area contributed by atoms with E-state index < -0.39 is 23.4 Å². The van der Waals surface area contributed by atoms with Gasteiger partial charge in [-0.3, -0.25) is 9.59 Å². The summed E-state index contributed by atoms with van der Waals surface area (Å²) < 4.78 is 24.4. The number of carbonyl (C=O) groups excluding carboxylic acids is 2. The Bertz CT molecular complexity index is 1140. The van der Waals surface area contributed by atoms with Gasteiger partial charge in [-0.05, 0) is 67.7 Å². The van der Waals surface area contributed by atoms with Crippen molar-refractivity contribution in [2.45, 2.75) is 44.8 Å². The maximum Gasteiger partial charge on any atom is 0.262 e. The van der Waals surface area contributed by atoms with Crippen LogP contribution in [0.4, 0.5) is 4.39 Å². The molecule has 0 unspecified atom stereocenters. The lowest BCUT2D eigenvalue weighted by Gasteiger charge is -2.52. The number of halogens is 2. The Morgan fingerprint density at radius 3 is 2.35 bits per heavy atom. The molecule has 180 valence electrons. The van der Waals surface area contributed by atoms with E-state index in [1.54, 1.807) is 0 Å². The van der Waals surface area contributed by atoms with Crippen molar-refractivity contribution in [2.75, 3.05) is 13.2 Å². The molecule has 0 radical (unpaired) electrons. The van der Waals surface area contributed by atoms with E-state index in [-0.39, 0.29) is 36.3 Å². The molecule has 1 saturated carbocycles. The van der Waals surface area contributed by atoms with Gasteiger partial charge in [0.05, 0.1) is 16.7 Å². The third-order valence-electron chi connectivity index (χ3n) is 6.02. The Kier molecular flexibility index (Phi) is 6.81. The van der Waals surface area contributed by atoms with Gasteiger partial charge in [0.1, 0.15) is 17.3 Å². The van der Waals surface area contributed by atoms with Crippen molar-refractivity contribution in [3.8, 4) is 11.5 Å². The van der Waals surface area contributed by atoms with Crippen molar-refractivity contribution in [1.82, 2.24) is 10.6 Å². The molecule has 2 bridgehead atoms. The monoisotopic (exact) mass is 488 g/mol. The van der Waals surface area contributed by atoms with E-state index in [2.05, 4.69) is 10.6 Å². The third kappa shape index (κ3) is 5.34. The molecular formula is C25H26ClFN2O5. The summed E-state index contributed by atoms with van der Waals surface area (Å²) in [4.78, 5) is 24.7. The molecule has 9 heteroatoms. The largest absolute Gasteiger partial charge is 0.484 e. The third-order valence-corrected chi connectivity index (χ3v) is 6.33. The molecule has 2 aromatic carbocycles. The zero-order chi connectivity index (χ0) is 24.5. The van der Waals surface area contributed by atoms with Gasteiger partial charge in [0, 0.05) is 18.2 Å². The van der Waals surface area contributed by atoms with Gasteiger partial charge < -0.3 is 25.2 Å². The zero-order valence-electron chi connectivity index (χ0n) is 18.9. The summed E-state index contributed by atoms with van der Waals surface area (Å²) in [5.41, 5.74) is 2.94. The molecule has 3 N–H and O–H groups in total. The predicted octanol–water partition coefficient (Wildman–Crippen LogP) is 3.34. The molecule has 7 nitrogen and oxygen atoms in total. The summed E-state index contributed by atoms with van der Waals surface area (Å²) in [6.45, 7) is 3.45. The maximum absolute atomic E-state index is 13.5. The Morgan fingerprint density at radius 1 is 1.06 bits per heavy atom. The smallest absolute Gasteiger partial charge is 0.262 e. The van der Waals surface area contributed by atoms with Crippen molar-refractivity contribution < 1.29 is 28.6 Å². The fourth-order valence-corrected chi connectivity index (χ4v) is 4.52. The molecule has 1 fully saturated rings. The Hall–Kier alpha value is -3.10. The van der Waals surface area contributed by atoms with Crippen LogP contribution in [0.1, 0.15) is 30.4 Å². The minimum absolute atomic E-state index is 0.0302. The van der Waals surface area contributed by atoms with Crippen LogP contribution in [-0.2, 0) is 9.59 Å². The number of nitrogens with one attached hydrogen (secondary N) is 2. The molecule has 2 aromatic rings. The number of hydrogen-bond donors (Lipinski definition) is 3. The van der Waals surface area contributed by atoms with Crippen LogP contribution >= 0.6 is 11.6 Å². The van der Waals surface area contributed by atoms with E-state index in [1.165, 1.54) is 12.1 Å². The number of benzene rings is 2. The van der Waals surface area contributed by atoms with Gasteiger partial charge in [-0.15, -0.1) is 0 Å². The van der Waals surface area contributed by atoms with Crippen molar-refractivity contribution in [3.63, 3.8) is 0 Å². The van der Waals surface area contributed by atoms with Crippen molar-refractivity contribution in [3.05, 3.63) is 69.6 Å². The highest BCUT2D eigenvalue weighted by Gasteiger charge is 2.52. The fraction of sp³-hybridized carbons (Fsp3) is 0.360. The van der Waals surface area contributed by atoms with Crippen molar-refractivity contribution in [2.24, 2.45) is 0 Å². The van der Waals surface area contributed by atoms with Crippen LogP contribution in [0.3, 0.4) is 0 Å². The molecule has 5 rings (SSSR count). The van der Waals surface area contributed by atoms with Crippen molar-refractivity contribution >= 4 is 23.4 Å². The van der Waals surface area contributed by atoms with Gasteiger partial charge in [-0.2, -0.15) is 0 Å². The van der Waals surface area contributed by atoms with Gasteiger partial charge in [-0.25, -0.2) is 4.39 Å². The SMILES string of the molecule is Cc1cc(C)cc(OCC(=O)NC23CC(=C(NC(=O)COc4ccc(Cl)c(F)c4)C[C@@H]2O)C3)c1. The molecule has 3 aliphatic rings. The minimum atomic E-state index is -0.850. The van der Waals surface area contributed by atoms with Crippen LogP contribution in [0.15, 0.2) is 47.7 Å². The average molecular weight is 489 g/mol. The second kappa shape index (κ2) is 9.64. The molecule has 0 aliphatic heterocycles. The number of hydrogen-bond acceptors (Lipinski definition) is 5. The van der Waals surface area contributed by atoms with Gasteiger partial charge in [0.15, 0.2) is 13.2 Å². The van der Waals surface area contributed by atoms with E-state index in [9.17, 15) is 19.1 Å². The molecular weight excluding hydrogens is 463 g/mol. The summed E-state index contributed by atoms with van der Waals surface area (Å²) in [5, 5.41) is 16.3. The molecule has 0 spiro atoms. The van der Waals surface area contributed by atoms with E-state index in [0.717, 1.165) is 22.8 Å². The normalized spacial score (nSPS) is 20.9. The zero-order valence-corrected chi connectivity index (χ0v) is 19.7. The first-order valence-corrected chi connectivity index (χ1v) is 11.3. The maximum atomic E-state index is 13.5. The fourth-order valence-electron chi connectivity index (χ4n) is 4.40. The first-order chi connectivity index (χ1) is 16.1. The van der Waals surface area contributed by atoms with Crippen LogP contribution in [0.25, 0.3) is 0 Å². The summed E-state index contributed by atoms with van der Waals surface area (Å²) in [5.74, 6) is -0.556. The summed E-state index contributed by atoms with van der Waals surface area (Å²) in [6.07, 6.45) is 0.246. The number of fused-ring (bicyclic) bond motifs is 2. The number of aliphatic hydroxyl groups excluding tert-OH is 1. The van der Waals surface area contributed by atoms with Gasteiger partial charge in [0.25, 0.3) is 11.8 Å². The standard InChI is InChI=1S/C25H26ClFN2O5/c1-14-5-15(2)7-18(6-14)34-13-24(32)29-25-10-16(11-25)21(9-22(25)30)28-23(31)12-33-17-3-4-19(26)20(27)8-17/h3-8,22,30H,9-13H2,1-2H3,(H,28,31)(H,29,32)/t22-/m0/s1. The quantitative estimate of drug-likeness (QED) is 0.529. The molecule has 0 aromatic heterocycles. The summed E-state index contributed by atoms with van der Waals surface area (Å²) in [6, 6.07) is 9.67. The number of amides is 2. The van der Waals surface area contributed by atoms with Crippen LogP contribution < -0.4 is 20.1 Å². The first-order valence-electron chi connectivity index (χ1n) is 10.9. The molecule has 0 heterocycles. The lowest BCUT2D eigenvalue weighted by Crippen LogP contribution is -2.65. The van der Waals surface area contributed by atoms with E-state index >= 15 is 0 Å². The predicted molar refractivity (Wildman–Crippen MR) is 124 cm³/mol. The molecule has 1 atom stereocenters. The number of carbonyl (C=O) groups is 2. The van der Waals surface area contributed by atoms with Crippen LogP contribution in [-0.4, -0.2) is 41.8 Å². The molecule has 2 amide bonds. The van der Waals surface area contributed by atoms with Crippen molar-refractivity contribution in [1.29, 1.82) is 0 Å². The molecule has 34 heavy (non-hydrogen) atoms. The van der Waals surface area contributed by atoms with E-state index in [4.69, 9.17) is 21.1 Å². The Balaban J connectivity index is 1.27. The topological polar surface area (TPSA) is 96.9 Å². The summed E-state index contributed by atoms with van der Waals surface area (Å²) >= 11 is 5.63. The van der Waals surface area contributed by atoms with E-state index in [1.807, 2.05) is 32.0 Å². The average Bonchev–Trinajstić information content (AvgIpc) is 2.73. The van der Waals surface area contributed by atoms with Gasteiger partial charge in [0.2, 0.25) is 0 Å². The number of rotatable bonds is 8. The van der Waals surface area contributed by atoms with Crippen LogP contribution in [0, 0.1) is 19.7 Å². The molecule has 3 aliphatic carbocycles. The number of aryl methyl sites for hydroxylation is 2. The highest BCUT2D eigenvalue weighted by atomic mass is 35.5. The first kappa shape index (κ1) is 24.0. The van der Waals surface area contributed by atoms with Crippen LogP contribution in [0.2, 0.25) is 5.02 Å². The Morgan fingerprint density at radius 2 is 1.71 bits per heavy atom. The highest BCUT2D eigenvalue weighted by Crippen LogP contribution is 2.47. The Labute approximate surface area is 201 Å². The molecule has 0 saturated heterocycles. The lowest BCUT2D eigenvalue weighted by atomic mass is 9.62. The summed E-state index contributed by atoms with van der Waals surface area (Å²) in [7, 11) is 0. The second-order valence-corrected chi connectivity index (χ2v) is 9.29. The lowest BCUT2D eigenvalue weighted by molar-refractivity contribution is -0.129. The van der Waals surface area contributed by atoms with Gasteiger partial charge >= 0.3 is 0 Å². The second-order valence-electron chi connectivity index (χ2n) is 8.88. The number of ether oxygens (including phenoxy) is 2. The van der Waals surface area contributed by atoms with E-state index in [0.29, 0.717) is 24.3 Å². The highest BCUT2D eigenvalue weighted by molar-refractivity contribution is 6.30. The van der Waals surface area contributed by atoms with Gasteiger partial charge in [-0.1, -0.05) is 17.7 Å².